The monoisotopic (exact) mass is 420 g/mol. The maximum Gasteiger partial charge on any atom is 0.251 e. The van der Waals surface area contributed by atoms with E-state index in [4.69, 9.17) is 11.6 Å². The van der Waals surface area contributed by atoms with Gasteiger partial charge in [0.05, 0.1) is 0 Å². The van der Waals surface area contributed by atoms with E-state index in [9.17, 15) is 4.79 Å². The van der Waals surface area contributed by atoms with Crippen LogP contribution < -0.4 is 5.32 Å². The summed E-state index contributed by atoms with van der Waals surface area (Å²) in [5.41, 5.74) is 7.03. The second-order valence-corrected chi connectivity index (χ2v) is 8.71. The third kappa shape index (κ3) is 4.46. The Morgan fingerprint density at radius 3 is 2.63 bits per heavy atom. The molecule has 0 saturated heterocycles. The van der Waals surface area contributed by atoms with Gasteiger partial charge in [0.2, 0.25) is 0 Å². The molecule has 1 aliphatic rings. The van der Waals surface area contributed by atoms with E-state index in [0.717, 1.165) is 34.5 Å². The lowest BCUT2D eigenvalue weighted by molar-refractivity contribution is 0.0954. The Hall–Kier alpha value is -2.52. The molecular formula is C26H29ClN2O. The number of amides is 1. The summed E-state index contributed by atoms with van der Waals surface area (Å²) in [5, 5.41) is 4.99. The zero-order valence-electron chi connectivity index (χ0n) is 17.8. The van der Waals surface area contributed by atoms with Crippen molar-refractivity contribution in [3.8, 4) is 0 Å². The van der Waals surface area contributed by atoms with Crippen molar-refractivity contribution in [2.24, 2.45) is 0 Å². The Labute approximate surface area is 183 Å². The fraction of sp³-hybridized carbons (Fsp3) is 0.346. The van der Waals surface area contributed by atoms with E-state index in [1.54, 1.807) is 0 Å². The minimum Gasteiger partial charge on any atom is -0.352 e. The highest BCUT2D eigenvalue weighted by Crippen LogP contribution is 2.27. The van der Waals surface area contributed by atoms with Crippen LogP contribution in [0.15, 0.2) is 54.1 Å². The molecule has 0 unspecified atom stereocenters. The summed E-state index contributed by atoms with van der Waals surface area (Å²) in [6.45, 7) is 5.77. The highest BCUT2D eigenvalue weighted by atomic mass is 35.5. The lowest BCUT2D eigenvalue weighted by Gasteiger charge is -2.13. The molecule has 1 amide bonds. The molecule has 30 heavy (non-hydrogen) atoms. The summed E-state index contributed by atoms with van der Waals surface area (Å²) in [4.78, 5) is 12.7. The van der Waals surface area contributed by atoms with Crippen molar-refractivity contribution in [1.29, 1.82) is 0 Å². The zero-order chi connectivity index (χ0) is 21.1. The van der Waals surface area contributed by atoms with Gasteiger partial charge in [0.1, 0.15) is 0 Å². The van der Waals surface area contributed by atoms with Crippen LogP contribution in [-0.2, 0) is 6.54 Å². The first kappa shape index (κ1) is 20.7. The molecule has 0 spiro atoms. The Morgan fingerprint density at radius 1 is 1.10 bits per heavy atom. The number of carbonyl (C=O) groups is 1. The van der Waals surface area contributed by atoms with Crippen LogP contribution in [0.25, 0.3) is 10.9 Å². The fourth-order valence-corrected chi connectivity index (χ4v) is 4.46. The van der Waals surface area contributed by atoms with Crippen molar-refractivity contribution in [2.75, 3.05) is 6.54 Å². The van der Waals surface area contributed by atoms with Gasteiger partial charge >= 0.3 is 0 Å². The maximum absolute atomic E-state index is 12.7. The van der Waals surface area contributed by atoms with Gasteiger partial charge in [-0.1, -0.05) is 35.4 Å². The quantitative estimate of drug-likeness (QED) is 0.449. The minimum atomic E-state index is 0.0100. The Kier molecular flexibility index (Phi) is 6.29. The van der Waals surface area contributed by atoms with Crippen LogP contribution in [-0.4, -0.2) is 17.0 Å². The second-order valence-electron chi connectivity index (χ2n) is 8.27. The molecule has 1 aliphatic carbocycles. The van der Waals surface area contributed by atoms with E-state index < -0.39 is 0 Å². The number of rotatable bonds is 6. The molecular weight excluding hydrogens is 392 g/mol. The predicted octanol–water partition coefficient (Wildman–Crippen LogP) is 6.58. The number of fused-ring (bicyclic) bond motifs is 1. The first-order valence-corrected chi connectivity index (χ1v) is 11.2. The van der Waals surface area contributed by atoms with Crippen molar-refractivity contribution in [3.05, 3.63) is 81.5 Å². The maximum atomic E-state index is 12.7. The van der Waals surface area contributed by atoms with Crippen LogP contribution in [0, 0.1) is 13.8 Å². The van der Waals surface area contributed by atoms with E-state index in [2.05, 4.69) is 48.0 Å². The number of hydrogen-bond donors (Lipinski definition) is 1. The van der Waals surface area contributed by atoms with E-state index in [1.807, 2.05) is 24.3 Å². The number of aromatic nitrogens is 1. The first-order chi connectivity index (χ1) is 14.5. The molecule has 3 nitrogen and oxygen atoms in total. The molecule has 0 fully saturated rings. The van der Waals surface area contributed by atoms with Crippen LogP contribution in [0.1, 0.15) is 59.3 Å². The van der Waals surface area contributed by atoms with Crippen LogP contribution in [0.4, 0.5) is 0 Å². The highest BCUT2D eigenvalue weighted by Gasteiger charge is 2.14. The molecule has 0 saturated carbocycles. The Morgan fingerprint density at radius 2 is 1.90 bits per heavy atom. The van der Waals surface area contributed by atoms with E-state index >= 15 is 0 Å². The second kappa shape index (κ2) is 9.09. The van der Waals surface area contributed by atoms with E-state index in [1.165, 1.54) is 48.1 Å². The lowest BCUT2D eigenvalue weighted by atomic mass is 9.97. The van der Waals surface area contributed by atoms with Gasteiger partial charge in [0.15, 0.2) is 0 Å². The van der Waals surface area contributed by atoms with Crippen molar-refractivity contribution in [3.63, 3.8) is 0 Å². The van der Waals surface area contributed by atoms with Crippen LogP contribution >= 0.6 is 11.6 Å². The normalized spacial score (nSPS) is 14.0. The molecule has 0 bridgehead atoms. The van der Waals surface area contributed by atoms with E-state index in [0.29, 0.717) is 6.54 Å². The molecule has 1 aromatic heterocycles. The molecule has 4 rings (SSSR count). The van der Waals surface area contributed by atoms with Crippen LogP contribution in [0.3, 0.4) is 0 Å². The highest BCUT2D eigenvalue weighted by molar-refractivity contribution is 6.30. The van der Waals surface area contributed by atoms with Gasteiger partial charge in [-0.3, -0.25) is 4.79 Å². The van der Waals surface area contributed by atoms with Crippen molar-refractivity contribution < 1.29 is 4.79 Å². The molecule has 1 heterocycles. The van der Waals surface area contributed by atoms with Crippen LogP contribution in [0.2, 0.25) is 5.02 Å². The topological polar surface area (TPSA) is 34.0 Å². The average molecular weight is 421 g/mol. The van der Waals surface area contributed by atoms with Crippen molar-refractivity contribution in [1.82, 2.24) is 9.88 Å². The number of carbonyl (C=O) groups excluding carboxylic acids is 1. The lowest BCUT2D eigenvalue weighted by Crippen LogP contribution is -2.24. The largest absolute Gasteiger partial charge is 0.352 e. The smallest absolute Gasteiger partial charge is 0.251 e. The Balaban J connectivity index is 1.51. The van der Waals surface area contributed by atoms with Gasteiger partial charge < -0.3 is 9.88 Å². The number of nitrogens with one attached hydrogen (secondary N) is 1. The molecule has 0 aliphatic heterocycles. The first-order valence-electron chi connectivity index (χ1n) is 10.8. The summed E-state index contributed by atoms with van der Waals surface area (Å²) in [7, 11) is 0. The summed E-state index contributed by atoms with van der Waals surface area (Å²) in [6, 6.07) is 14.0. The van der Waals surface area contributed by atoms with Gasteiger partial charge in [-0.05, 0) is 87.4 Å². The molecule has 0 radical (unpaired) electrons. The SMILES string of the molecule is Cc1c(C)n(Cc2ccc(Cl)cc2)c2ccc(C(=O)NCCC3=CCCCC3)cc12. The number of halogens is 1. The van der Waals surface area contributed by atoms with Crippen molar-refractivity contribution in [2.45, 2.75) is 52.5 Å². The average Bonchev–Trinajstić information content (AvgIpc) is 3.00. The number of hydrogen-bond acceptors (Lipinski definition) is 1. The fourth-order valence-electron chi connectivity index (χ4n) is 4.34. The van der Waals surface area contributed by atoms with Gasteiger partial charge in [0.25, 0.3) is 5.91 Å². The molecule has 0 atom stereocenters. The van der Waals surface area contributed by atoms with Crippen molar-refractivity contribution >= 4 is 28.4 Å². The summed E-state index contributed by atoms with van der Waals surface area (Å²) >= 11 is 6.02. The van der Waals surface area contributed by atoms with Gasteiger partial charge in [0, 0.05) is 40.3 Å². The number of benzene rings is 2. The van der Waals surface area contributed by atoms with Crippen LogP contribution in [0.5, 0.6) is 0 Å². The standard InChI is InChI=1S/C26H29ClN2O/c1-18-19(2)29(17-21-8-11-23(27)12-9-21)25-13-10-22(16-24(18)25)26(30)28-15-14-20-6-4-3-5-7-20/h6,8-13,16H,3-5,7,14-15,17H2,1-2H3,(H,28,30). The predicted molar refractivity (Wildman–Crippen MR) is 125 cm³/mol. The third-order valence-corrected chi connectivity index (χ3v) is 6.52. The van der Waals surface area contributed by atoms with Gasteiger partial charge in [-0.2, -0.15) is 0 Å². The van der Waals surface area contributed by atoms with Gasteiger partial charge in [-0.15, -0.1) is 0 Å². The molecule has 4 heteroatoms. The summed E-state index contributed by atoms with van der Waals surface area (Å²) in [5.74, 6) is 0.0100. The number of aryl methyl sites for hydroxylation is 1. The minimum absolute atomic E-state index is 0.0100. The summed E-state index contributed by atoms with van der Waals surface area (Å²) in [6.07, 6.45) is 8.25. The summed E-state index contributed by atoms with van der Waals surface area (Å²) < 4.78 is 2.31. The molecule has 3 aromatic rings. The molecule has 156 valence electrons. The third-order valence-electron chi connectivity index (χ3n) is 6.27. The van der Waals surface area contributed by atoms with Gasteiger partial charge in [-0.25, -0.2) is 0 Å². The number of nitrogens with zero attached hydrogens (tertiary/aromatic N) is 1. The molecule has 2 aromatic carbocycles. The van der Waals surface area contributed by atoms with E-state index in [-0.39, 0.29) is 5.91 Å². The Bertz CT molecular complexity index is 1090. The zero-order valence-corrected chi connectivity index (χ0v) is 18.6. The molecule has 1 N–H and O–H groups in total. The number of allylic oxidation sites excluding steroid dienone is 1.